The lowest BCUT2D eigenvalue weighted by Crippen LogP contribution is -2.52. The molecule has 9 heteroatoms. The highest BCUT2D eigenvalue weighted by molar-refractivity contribution is 5.83. The highest BCUT2D eigenvalue weighted by Gasteiger charge is 2.52. The van der Waals surface area contributed by atoms with Gasteiger partial charge in [0.05, 0.1) is 27.2 Å². The fourth-order valence-electron chi connectivity index (χ4n) is 8.95. The molecule has 2 aliphatic carbocycles. The maximum atomic E-state index is 13.7. The van der Waals surface area contributed by atoms with Crippen LogP contribution in [0, 0.1) is 5.92 Å². The Kier molecular flexibility index (Phi) is 10.5. The SMILES string of the molecule is COc1cc(C2CC(OC(=O)Cc3cccc(CO)c3)CC(OC(C)=O)C3Cc4cc(OC)c(O)cc4CC3(c3ccc4ccccc4c3)C2)ccc1O. The standard InChI is InChI=1S/C45H46O9/c1-27(47)53-41-23-37(54-44(50)16-28-7-6-8-29(15-28)26-46)18-34(32-12-14-39(48)42(21-32)51-2)24-45(36-13-11-30-9-4-5-10-31(30)17-36)25-35-20-40(49)43(52-3)22-33(35)19-38(41)45/h4-15,17,20-22,34,37-38,41,46,48-49H,16,18-19,23-26H2,1-3H3. The fourth-order valence-corrected chi connectivity index (χ4v) is 8.95. The molecule has 1 fully saturated rings. The summed E-state index contributed by atoms with van der Waals surface area (Å²) < 4.78 is 23.7. The van der Waals surface area contributed by atoms with Crippen LogP contribution in [-0.4, -0.2) is 53.7 Å². The second-order valence-electron chi connectivity index (χ2n) is 14.7. The van der Waals surface area contributed by atoms with Gasteiger partial charge in [0.1, 0.15) is 12.2 Å². The minimum Gasteiger partial charge on any atom is -0.504 e. The zero-order chi connectivity index (χ0) is 38.0. The third kappa shape index (κ3) is 7.46. The predicted octanol–water partition coefficient (Wildman–Crippen LogP) is 7.47. The van der Waals surface area contributed by atoms with Crippen molar-refractivity contribution in [3.05, 3.63) is 130 Å². The summed E-state index contributed by atoms with van der Waals surface area (Å²) in [4.78, 5) is 26.6. The summed E-state index contributed by atoms with van der Waals surface area (Å²) in [5.41, 5.74) is 4.78. The second-order valence-corrected chi connectivity index (χ2v) is 14.7. The number of aromatic hydroxyl groups is 2. The van der Waals surface area contributed by atoms with Gasteiger partial charge in [-0.25, -0.2) is 0 Å². The normalized spacial score (nSPS) is 22.2. The van der Waals surface area contributed by atoms with Crippen LogP contribution < -0.4 is 9.47 Å². The van der Waals surface area contributed by atoms with Crippen LogP contribution in [0.3, 0.4) is 0 Å². The summed E-state index contributed by atoms with van der Waals surface area (Å²) >= 11 is 0. The van der Waals surface area contributed by atoms with Crippen molar-refractivity contribution in [1.82, 2.24) is 0 Å². The molecular formula is C45H46O9. The second kappa shape index (κ2) is 15.4. The number of esters is 2. The van der Waals surface area contributed by atoms with Crippen LogP contribution in [0.1, 0.15) is 65.5 Å². The predicted molar refractivity (Wildman–Crippen MR) is 204 cm³/mol. The molecule has 0 bridgehead atoms. The van der Waals surface area contributed by atoms with Crippen molar-refractivity contribution in [1.29, 1.82) is 0 Å². The molecule has 5 aromatic rings. The van der Waals surface area contributed by atoms with Gasteiger partial charge in [0.2, 0.25) is 0 Å². The summed E-state index contributed by atoms with van der Waals surface area (Å²) in [6.45, 7) is 1.28. The lowest BCUT2D eigenvalue weighted by Gasteiger charge is -2.52. The number of phenols is 2. The number of methoxy groups -OCH3 is 2. The van der Waals surface area contributed by atoms with Crippen LogP contribution in [0.25, 0.3) is 10.8 Å². The molecular weight excluding hydrogens is 684 g/mol. The average molecular weight is 731 g/mol. The molecule has 54 heavy (non-hydrogen) atoms. The molecule has 5 unspecified atom stereocenters. The maximum absolute atomic E-state index is 13.7. The minimum absolute atomic E-state index is 0.0153. The number of phenolic OH excluding ortho intramolecular Hbond substituents is 2. The molecule has 0 amide bonds. The van der Waals surface area contributed by atoms with Crippen molar-refractivity contribution in [3.63, 3.8) is 0 Å². The lowest BCUT2D eigenvalue weighted by molar-refractivity contribution is -0.160. The molecule has 0 aromatic heterocycles. The van der Waals surface area contributed by atoms with Gasteiger partial charge in [-0.1, -0.05) is 72.8 Å². The van der Waals surface area contributed by atoms with Crippen LogP contribution in [0.4, 0.5) is 0 Å². The van der Waals surface area contributed by atoms with E-state index in [0.717, 1.165) is 38.6 Å². The first kappa shape index (κ1) is 36.8. The molecule has 0 radical (unpaired) electrons. The first-order valence-electron chi connectivity index (χ1n) is 18.4. The molecule has 9 nitrogen and oxygen atoms in total. The van der Waals surface area contributed by atoms with E-state index in [1.807, 2.05) is 36.4 Å². The third-order valence-electron chi connectivity index (χ3n) is 11.4. The van der Waals surface area contributed by atoms with Crippen LogP contribution in [-0.2, 0) is 50.3 Å². The monoisotopic (exact) mass is 730 g/mol. The Morgan fingerprint density at radius 1 is 0.759 bits per heavy atom. The third-order valence-corrected chi connectivity index (χ3v) is 11.4. The van der Waals surface area contributed by atoms with E-state index in [4.69, 9.17) is 18.9 Å². The summed E-state index contributed by atoms with van der Waals surface area (Å²) in [7, 11) is 3.04. The Labute approximate surface area is 315 Å². The van der Waals surface area contributed by atoms with Crippen molar-refractivity contribution in [2.75, 3.05) is 14.2 Å². The van der Waals surface area contributed by atoms with E-state index in [-0.39, 0.29) is 42.8 Å². The highest BCUT2D eigenvalue weighted by atomic mass is 16.6. The van der Waals surface area contributed by atoms with Crippen LogP contribution in [0.2, 0.25) is 0 Å². The van der Waals surface area contributed by atoms with Gasteiger partial charge < -0.3 is 34.3 Å². The largest absolute Gasteiger partial charge is 0.504 e. The fraction of sp³-hybridized carbons (Fsp3) is 0.333. The molecule has 7 rings (SSSR count). The van der Waals surface area contributed by atoms with E-state index in [1.165, 1.54) is 21.1 Å². The first-order chi connectivity index (χ1) is 26.1. The molecule has 280 valence electrons. The topological polar surface area (TPSA) is 132 Å². The van der Waals surface area contributed by atoms with Crippen molar-refractivity contribution < 1.29 is 43.9 Å². The molecule has 0 saturated heterocycles. The van der Waals surface area contributed by atoms with Gasteiger partial charge in [-0.15, -0.1) is 0 Å². The van der Waals surface area contributed by atoms with Crippen LogP contribution in [0.5, 0.6) is 23.0 Å². The van der Waals surface area contributed by atoms with Gasteiger partial charge in [0.15, 0.2) is 23.0 Å². The van der Waals surface area contributed by atoms with Crippen LogP contribution >= 0.6 is 0 Å². The quantitative estimate of drug-likeness (QED) is 0.132. The molecule has 0 heterocycles. The van der Waals surface area contributed by atoms with Gasteiger partial charge in [0.25, 0.3) is 0 Å². The Hall–Kier alpha value is -5.54. The smallest absolute Gasteiger partial charge is 0.310 e. The van der Waals surface area contributed by atoms with E-state index < -0.39 is 29.6 Å². The van der Waals surface area contributed by atoms with Crippen molar-refractivity contribution in [3.8, 4) is 23.0 Å². The van der Waals surface area contributed by atoms with E-state index in [9.17, 15) is 24.9 Å². The van der Waals surface area contributed by atoms with Gasteiger partial charge in [-0.05, 0) is 100 Å². The lowest BCUT2D eigenvalue weighted by atomic mass is 9.54. The van der Waals surface area contributed by atoms with Crippen molar-refractivity contribution in [2.24, 2.45) is 5.92 Å². The summed E-state index contributed by atoms with van der Waals surface area (Å²) in [6, 6.07) is 31.0. The number of hydrogen-bond donors (Lipinski definition) is 3. The molecule has 5 aromatic carbocycles. The zero-order valence-electron chi connectivity index (χ0n) is 30.8. The number of carbonyl (C=O) groups excluding carboxylic acids is 2. The minimum atomic E-state index is -0.632. The highest BCUT2D eigenvalue weighted by Crippen LogP contribution is 2.55. The van der Waals surface area contributed by atoms with Gasteiger partial charge in [-0.2, -0.15) is 0 Å². The molecule has 3 N–H and O–H groups in total. The van der Waals surface area contributed by atoms with E-state index >= 15 is 0 Å². The summed E-state index contributed by atoms with van der Waals surface area (Å²) in [6.07, 6.45) is 1.05. The Balaban J connectivity index is 1.39. The first-order valence-corrected chi connectivity index (χ1v) is 18.4. The molecule has 0 spiro atoms. The van der Waals surface area contributed by atoms with E-state index in [2.05, 4.69) is 30.3 Å². The number of aliphatic hydroxyl groups is 1. The van der Waals surface area contributed by atoms with Gasteiger partial charge in [-0.3, -0.25) is 9.59 Å². The van der Waals surface area contributed by atoms with Gasteiger partial charge in [0, 0.05) is 24.7 Å². The Bertz CT molecular complexity index is 2180. The summed E-state index contributed by atoms with van der Waals surface area (Å²) in [5.74, 6) is -0.526. The maximum Gasteiger partial charge on any atom is 0.310 e. The molecule has 1 saturated carbocycles. The van der Waals surface area contributed by atoms with Crippen molar-refractivity contribution >= 4 is 22.7 Å². The molecule has 2 aliphatic rings. The zero-order valence-corrected chi connectivity index (χ0v) is 30.8. The van der Waals surface area contributed by atoms with Crippen molar-refractivity contribution in [2.45, 2.75) is 75.6 Å². The Morgan fingerprint density at radius 2 is 1.52 bits per heavy atom. The van der Waals surface area contributed by atoms with Crippen LogP contribution in [0.15, 0.2) is 97.1 Å². The number of rotatable bonds is 9. The number of fused-ring (bicyclic) bond motifs is 3. The molecule has 0 aliphatic heterocycles. The number of benzene rings is 5. The number of ether oxygens (including phenoxy) is 4. The average Bonchev–Trinajstić information content (AvgIpc) is 3.16. The number of aliphatic hydroxyl groups excluding tert-OH is 1. The molecule has 5 atom stereocenters. The summed E-state index contributed by atoms with van der Waals surface area (Å²) in [5, 5.41) is 33.5. The van der Waals surface area contributed by atoms with Gasteiger partial charge >= 0.3 is 11.9 Å². The number of carbonyl (C=O) groups is 2. The Morgan fingerprint density at radius 3 is 2.28 bits per heavy atom. The number of hydrogen-bond acceptors (Lipinski definition) is 9. The van der Waals surface area contributed by atoms with E-state index in [1.54, 1.807) is 30.3 Å². The van der Waals surface area contributed by atoms with E-state index in [0.29, 0.717) is 42.7 Å².